The van der Waals surface area contributed by atoms with E-state index in [0.717, 1.165) is 43.0 Å². The second-order valence-electron chi connectivity index (χ2n) is 8.38. The molecule has 2 fully saturated rings. The highest BCUT2D eigenvalue weighted by molar-refractivity contribution is 5.92. The second kappa shape index (κ2) is 8.26. The summed E-state index contributed by atoms with van der Waals surface area (Å²) in [5.41, 5.74) is 2.78. The van der Waals surface area contributed by atoms with Crippen molar-refractivity contribution in [3.05, 3.63) is 16.8 Å². The molecule has 1 aromatic heterocycles. The van der Waals surface area contributed by atoms with Gasteiger partial charge in [0.05, 0.1) is 18.7 Å². The van der Waals surface area contributed by atoms with Crippen LogP contribution in [0, 0.1) is 31.1 Å². The lowest BCUT2D eigenvalue weighted by atomic mass is 9.95. The molecule has 5 nitrogen and oxygen atoms in total. The summed E-state index contributed by atoms with van der Waals surface area (Å²) in [5, 5.41) is 12.8. The van der Waals surface area contributed by atoms with E-state index in [2.05, 4.69) is 29.8 Å². The highest BCUT2D eigenvalue weighted by atomic mass is 16.2. The van der Waals surface area contributed by atoms with Crippen LogP contribution in [0.4, 0.5) is 5.82 Å². The van der Waals surface area contributed by atoms with Crippen LogP contribution < -0.4 is 10.2 Å². The zero-order chi connectivity index (χ0) is 18.7. The van der Waals surface area contributed by atoms with Crippen LogP contribution in [0.15, 0.2) is 0 Å². The Morgan fingerprint density at radius 1 is 1.23 bits per heavy atom. The number of nitrogens with zero attached hydrogens (tertiary/aromatic N) is 2. The van der Waals surface area contributed by atoms with Gasteiger partial charge in [0.2, 0.25) is 0 Å². The van der Waals surface area contributed by atoms with Crippen LogP contribution in [0.1, 0.15) is 74.7 Å². The molecule has 26 heavy (non-hydrogen) atoms. The lowest BCUT2D eigenvalue weighted by Crippen LogP contribution is -3.14. The zero-order valence-electron chi connectivity index (χ0n) is 16.5. The Labute approximate surface area is 157 Å². The van der Waals surface area contributed by atoms with Crippen molar-refractivity contribution in [2.45, 2.75) is 71.8 Å². The molecule has 0 aromatic carbocycles. The number of hydrogen-bond acceptors (Lipinski definition) is 2. The molecule has 2 N–H and O–H groups in total. The van der Waals surface area contributed by atoms with E-state index < -0.39 is 0 Å². The topological polar surface area (TPSA) is 62.3 Å². The quantitative estimate of drug-likeness (QED) is 0.870. The highest BCUT2D eigenvalue weighted by Crippen LogP contribution is 2.36. The zero-order valence-corrected chi connectivity index (χ0v) is 16.5. The van der Waals surface area contributed by atoms with Crippen LogP contribution in [0.5, 0.6) is 0 Å². The summed E-state index contributed by atoms with van der Waals surface area (Å²) in [5.74, 6) is 1.47. The summed E-state index contributed by atoms with van der Waals surface area (Å²) in [6.45, 7) is 9.00. The van der Waals surface area contributed by atoms with Gasteiger partial charge in [-0.2, -0.15) is 5.26 Å². The number of carbonyl (C=O) groups excluding carboxylic acids is 1. The number of likely N-dealkylation sites (tertiary alicyclic amines) is 1. The molecule has 1 aliphatic carbocycles. The summed E-state index contributed by atoms with van der Waals surface area (Å²) in [6.07, 6.45) is 8.49. The molecule has 2 atom stereocenters. The number of amides is 1. The number of aromatic nitrogens is 1. The first kappa shape index (κ1) is 19.0. The first-order chi connectivity index (χ1) is 12.5. The van der Waals surface area contributed by atoms with Gasteiger partial charge in [-0.1, -0.05) is 26.2 Å². The Kier molecular flexibility index (Phi) is 6.03. The van der Waals surface area contributed by atoms with Gasteiger partial charge in [0.15, 0.2) is 6.54 Å². The van der Waals surface area contributed by atoms with E-state index >= 15 is 0 Å². The van der Waals surface area contributed by atoms with Crippen molar-refractivity contribution in [3.8, 4) is 6.07 Å². The van der Waals surface area contributed by atoms with Crippen molar-refractivity contribution in [1.82, 2.24) is 4.57 Å². The van der Waals surface area contributed by atoms with E-state index in [0.29, 0.717) is 24.1 Å². The number of quaternary nitrogens is 1. The molecule has 1 saturated heterocycles. The van der Waals surface area contributed by atoms with Crippen LogP contribution in [0.2, 0.25) is 0 Å². The van der Waals surface area contributed by atoms with Gasteiger partial charge in [0.25, 0.3) is 5.91 Å². The molecule has 1 aliphatic heterocycles. The van der Waals surface area contributed by atoms with Gasteiger partial charge in [0.1, 0.15) is 11.9 Å². The first-order valence-electron chi connectivity index (χ1n) is 10.3. The summed E-state index contributed by atoms with van der Waals surface area (Å²) < 4.78 is 2.25. The molecule has 2 aliphatic rings. The average molecular weight is 358 g/mol. The van der Waals surface area contributed by atoms with E-state index in [9.17, 15) is 10.1 Å². The summed E-state index contributed by atoms with van der Waals surface area (Å²) >= 11 is 0. The van der Waals surface area contributed by atoms with Gasteiger partial charge >= 0.3 is 0 Å². The largest absolute Gasteiger partial charge is 0.327 e. The third-order valence-corrected chi connectivity index (χ3v) is 6.34. The van der Waals surface area contributed by atoms with E-state index in [1.54, 1.807) is 0 Å². The first-order valence-corrected chi connectivity index (χ1v) is 10.3. The van der Waals surface area contributed by atoms with Crippen LogP contribution in [-0.4, -0.2) is 30.1 Å². The number of hydrogen-bond donors (Lipinski definition) is 2. The number of piperidine rings is 1. The predicted molar refractivity (Wildman–Crippen MR) is 103 cm³/mol. The van der Waals surface area contributed by atoms with Gasteiger partial charge < -0.3 is 14.8 Å². The fourth-order valence-corrected chi connectivity index (χ4v) is 4.84. The number of carbonyl (C=O) groups is 1. The van der Waals surface area contributed by atoms with Gasteiger partial charge in [0, 0.05) is 17.7 Å². The van der Waals surface area contributed by atoms with E-state index in [1.165, 1.54) is 37.0 Å². The van der Waals surface area contributed by atoms with Crippen molar-refractivity contribution in [3.63, 3.8) is 0 Å². The van der Waals surface area contributed by atoms with E-state index in [-0.39, 0.29) is 5.91 Å². The Hall–Kier alpha value is -1.80. The molecule has 3 rings (SSSR count). The molecule has 142 valence electrons. The third-order valence-electron chi connectivity index (χ3n) is 6.34. The van der Waals surface area contributed by atoms with Crippen molar-refractivity contribution < 1.29 is 9.69 Å². The fraction of sp³-hybridized carbons (Fsp3) is 0.714. The molecule has 1 saturated carbocycles. The Balaban J connectivity index is 1.80. The van der Waals surface area contributed by atoms with Crippen molar-refractivity contribution >= 4 is 11.7 Å². The smallest absolute Gasteiger partial charge is 0.280 e. The summed E-state index contributed by atoms with van der Waals surface area (Å²) in [4.78, 5) is 14.1. The van der Waals surface area contributed by atoms with Gasteiger partial charge in [-0.25, -0.2) is 0 Å². The number of nitrogens with one attached hydrogen (secondary N) is 2. The molecule has 2 heterocycles. The van der Waals surface area contributed by atoms with Crippen LogP contribution in [0.3, 0.4) is 0 Å². The standard InChI is InChI=1S/C21H32N4O/c1-15-8-7-11-24(13-15)14-20(26)23-21-19(12-22)16(2)17(3)25(21)18-9-5-4-6-10-18/h15,18H,4-11,13-14H2,1-3H3,(H,23,26)/p+1/t15-/m0/s1. The maximum Gasteiger partial charge on any atom is 0.280 e. The number of nitriles is 1. The summed E-state index contributed by atoms with van der Waals surface area (Å²) in [6, 6.07) is 2.74. The molecule has 1 aromatic rings. The van der Waals surface area contributed by atoms with Gasteiger partial charge in [-0.15, -0.1) is 0 Å². The molecule has 1 unspecified atom stereocenters. The van der Waals surface area contributed by atoms with Gasteiger partial charge in [-0.05, 0) is 45.1 Å². The lowest BCUT2D eigenvalue weighted by molar-refractivity contribution is -0.900. The third kappa shape index (κ3) is 3.96. The second-order valence-corrected chi connectivity index (χ2v) is 8.38. The Morgan fingerprint density at radius 2 is 1.96 bits per heavy atom. The molecular formula is C21H33N4O+. The molecule has 5 heteroatoms. The highest BCUT2D eigenvalue weighted by Gasteiger charge is 2.27. The number of rotatable bonds is 4. The fourth-order valence-electron chi connectivity index (χ4n) is 4.84. The monoisotopic (exact) mass is 357 g/mol. The lowest BCUT2D eigenvalue weighted by Gasteiger charge is -2.28. The maximum absolute atomic E-state index is 12.8. The minimum absolute atomic E-state index is 0.0418. The Bertz CT molecular complexity index is 694. The normalized spacial score (nSPS) is 24.2. The van der Waals surface area contributed by atoms with E-state index in [1.807, 2.05) is 6.92 Å². The van der Waals surface area contributed by atoms with Crippen molar-refractivity contribution in [2.75, 3.05) is 25.0 Å². The molecule has 1 amide bonds. The van der Waals surface area contributed by atoms with E-state index in [4.69, 9.17) is 0 Å². The molecule has 0 spiro atoms. The average Bonchev–Trinajstić information content (AvgIpc) is 2.85. The summed E-state index contributed by atoms with van der Waals surface area (Å²) in [7, 11) is 0. The van der Waals surface area contributed by atoms with Crippen molar-refractivity contribution in [2.24, 2.45) is 5.92 Å². The predicted octanol–water partition coefficient (Wildman–Crippen LogP) is 2.74. The van der Waals surface area contributed by atoms with Crippen LogP contribution in [-0.2, 0) is 4.79 Å². The van der Waals surface area contributed by atoms with Crippen LogP contribution in [0.25, 0.3) is 0 Å². The minimum atomic E-state index is 0.0418. The molecular weight excluding hydrogens is 324 g/mol. The molecule has 0 radical (unpaired) electrons. The minimum Gasteiger partial charge on any atom is -0.327 e. The SMILES string of the molecule is Cc1c(C#N)c(NC(=O)C[NH+]2CCC[C@H](C)C2)n(C2CCCCC2)c1C. The Morgan fingerprint density at radius 3 is 2.62 bits per heavy atom. The van der Waals surface area contributed by atoms with Crippen molar-refractivity contribution in [1.29, 1.82) is 5.26 Å². The maximum atomic E-state index is 12.8. The molecule has 0 bridgehead atoms. The van der Waals surface area contributed by atoms with Gasteiger partial charge in [-0.3, -0.25) is 4.79 Å². The number of anilines is 1. The van der Waals surface area contributed by atoms with Crippen LogP contribution >= 0.6 is 0 Å².